The molecule has 0 aliphatic heterocycles. The van der Waals surface area contributed by atoms with E-state index in [1.165, 1.54) is 0 Å². The van der Waals surface area contributed by atoms with E-state index < -0.39 is 0 Å². The van der Waals surface area contributed by atoms with Crippen LogP contribution in [0.1, 0.15) is 41.0 Å². The van der Waals surface area contributed by atoms with Gasteiger partial charge in [0.05, 0.1) is 6.61 Å². The third-order valence-electron chi connectivity index (χ3n) is 3.11. The van der Waals surface area contributed by atoms with Gasteiger partial charge < -0.3 is 15.8 Å². The number of ether oxygens (including phenoxy) is 1. The van der Waals surface area contributed by atoms with Crippen LogP contribution in [0.2, 0.25) is 0 Å². The predicted molar refractivity (Wildman–Crippen MR) is 77.1 cm³/mol. The molecular formula is C13H25N5O. The highest BCUT2D eigenvalue weighted by atomic mass is 16.5. The van der Waals surface area contributed by atoms with Crippen molar-refractivity contribution < 1.29 is 4.74 Å². The molecule has 0 saturated heterocycles. The van der Waals surface area contributed by atoms with Gasteiger partial charge in [0, 0.05) is 6.54 Å². The standard InChI is InChI=1S/C13H25N5O/c1-6-7-19-12-17-10(14)16-11(18-12)15-8-9(2)13(3,4)5/h9H,6-8H2,1-5H3,(H3,14,15,16,17,18). The first kappa shape index (κ1) is 15.5. The first-order valence-corrected chi connectivity index (χ1v) is 6.71. The molecule has 1 aromatic rings. The lowest BCUT2D eigenvalue weighted by molar-refractivity contribution is 0.273. The Kier molecular flexibility index (Phi) is 5.32. The van der Waals surface area contributed by atoms with E-state index in [4.69, 9.17) is 10.5 Å². The van der Waals surface area contributed by atoms with E-state index in [1.54, 1.807) is 0 Å². The van der Waals surface area contributed by atoms with Gasteiger partial charge in [0.15, 0.2) is 0 Å². The van der Waals surface area contributed by atoms with Gasteiger partial charge in [-0.15, -0.1) is 0 Å². The smallest absolute Gasteiger partial charge is 0.323 e. The summed E-state index contributed by atoms with van der Waals surface area (Å²) < 4.78 is 5.37. The van der Waals surface area contributed by atoms with Crippen LogP contribution in [0.25, 0.3) is 0 Å². The Hall–Kier alpha value is -1.59. The Labute approximate surface area is 115 Å². The number of nitrogens with zero attached hydrogens (tertiary/aromatic N) is 3. The molecule has 1 aromatic heterocycles. The summed E-state index contributed by atoms with van der Waals surface area (Å²) in [5.41, 5.74) is 5.87. The van der Waals surface area contributed by atoms with Crippen LogP contribution in [-0.2, 0) is 0 Å². The van der Waals surface area contributed by atoms with E-state index in [9.17, 15) is 0 Å². The molecule has 0 amide bonds. The van der Waals surface area contributed by atoms with Gasteiger partial charge in [-0.25, -0.2) is 0 Å². The van der Waals surface area contributed by atoms with Crippen LogP contribution >= 0.6 is 0 Å². The normalized spacial score (nSPS) is 13.1. The molecule has 6 heteroatoms. The summed E-state index contributed by atoms with van der Waals surface area (Å²) in [5, 5.41) is 3.19. The maximum Gasteiger partial charge on any atom is 0.323 e. The predicted octanol–water partition coefficient (Wildman–Crippen LogP) is 2.34. The number of hydrogen-bond donors (Lipinski definition) is 2. The fraction of sp³-hybridized carbons (Fsp3) is 0.769. The number of anilines is 2. The number of nitrogens with one attached hydrogen (secondary N) is 1. The summed E-state index contributed by atoms with van der Waals surface area (Å²) in [6.45, 7) is 12.2. The third-order valence-corrected chi connectivity index (χ3v) is 3.11. The molecular weight excluding hydrogens is 242 g/mol. The van der Waals surface area contributed by atoms with E-state index in [0.717, 1.165) is 13.0 Å². The average Bonchev–Trinajstić information content (AvgIpc) is 2.31. The Balaban J connectivity index is 2.65. The molecule has 1 rings (SSSR count). The van der Waals surface area contributed by atoms with Crippen molar-refractivity contribution in [3.63, 3.8) is 0 Å². The quantitative estimate of drug-likeness (QED) is 0.822. The summed E-state index contributed by atoms with van der Waals surface area (Å²) in [5.74, 6) is 1.12. The minimum atomic E-state index is 0.173. The lowest BCUT2D eigenvalue weighted by Crippen LogP contribution is -2.25. The topological polar surface area (TPSA) is 86.0 Å². The van der Waals surface area contributed by atoms with Crippen molar-refractivity contribution in [2.45, 2.75) is 41.0 Å². The van der Waals surface area contributed by atoms with Crippen LogP contribution < -0.4 is 15.8 Å². The lowest BCUT2D eigenvalue weighted by Gasteiger charge is -2.27. The maximum absolute atomic E-state index is 5.64. The summed E-state index contributed by atoms with van der Waals surface area (Å²) >= 11 is 0. The van der Waals surface area contributed by atoms with Crippen LogP contribution in [0.15, 0.2) is 0 Å². The van der Waals surface area contributed by atoms with Gasteiger partial charge in [-0.2, -0.15) is 15.0 Å². The van der Waals surface area contributed by atoms with Crippen molar-refractivity contribution in [2.24, 2.45) is 11.3 Å². The van der Waals surface area contributed by atoms with Crippen LogP contribution in [0.5, 0.6) is 6.01 Å². The van der Waals surface area contributed by atoms with Crippen molar-refractivity contribution in [1.82, 2.24) is 15.0 Å². The Morgan fingerprint density at radius 3 is 2.53 bits per heavy atom. The minimum Gasteiger partial charge on any atom is -0.463 e. The van der Waals surface area contributed by atoms with Gasteiger partial charge in [0.2, 0.25) is 11.9 Å². The lowest BCUT2D eigenvalue weighted by atomic mass is 9.82. The number of aromatic nitrogens is 3. The molecule has 3 N–H and O–H groups in total. The van der Waals surface area contributed by atoms with E-state index in [0.29, 0.717) is 18.5 Å². The molecule has 0 saturated carbocycles. The molecule has 0 radical (unpaired) electrons. The number of rotatable bonds is 6. The summed E-state index contributed by atoms with van der Waals surface area (Å²) in [6, 6.07) is 0.278. The summed E-state index contributed by atoms with van der Waals surface area (Å²) in [6.07, 6.45) is 0.898. The molecule has 1 atom stereocenters. The van der Waals surface area contributed by atoms with Crippen LogP contribution in [-0.4, -0.2) is 28.1 Å². The number of hydrogen-bond acceptors (Lipinski definition) is 6. The molecule has 1 unspecified atom stereocenters. The van der Waals surface area contributed by atoms with Gasteiger partial charge in [-0.1, -0.05) is 34.6 Å². The molecule has 1 heterocycles. The van der Waals surface area contributed by atoms with Crippen molar-refractivity contribution in [2.75, 3.05) is 24.2 Å². The highest BCUT2D eigenvalue weighted by molar-refractivity contribution is 5.32. The van der Waals surface area contributed by atoms with Gasteiger partial charge in [-0.3, -0.25) is 0 Å². The summed E-state index contributed by atoms with van der Waals surface area (Å²) in [7, 11) is 0. The van der Waals surface area contributed by atoms with Crippen molar-refractivity contribution in [3.8, 4) is 6.01 Å². The van der Waals surface area contributed by atoms with Gasteiger partial charge in [0.1, 0.15) is 0 Å². The van der Waals surface area contributed by atoms with Crippen LogP contribution in [0.3, 0.4) is 0 Å². The molecule has 19 heavy (non-hydrogen) atoms. The van der Waals surface area contributed by atoms with Gasteiger partial charge >= 0.3 is 6.01 Å². The number of nitrogen functional groups attached to an aromatic ring is 1. The summed E-state index contributed by atoms with van der Waals surface area (Å²) in [4.78, 5) is 12.2. The van der Waals surface area contributed by atoms with Crippen molar-refractivity contribution >= 4 is 11.9 Å². The molecule has 0 spiro atoms. The third kappa shape index (κ3) is 5.28. The minimum absolute atomic E-state index is 0.173. The molecule has 108 valence electrons. The fourth-order valence-electron chi connectivity index (χ4n) is 1.26. The fourth-order valence-corrected chi connectivity index (χ4v) is 1.26. The molecule has 0 aliphatic carbocycles. The zero-order valence-corrected chi connectivity index (χ0v) is 12.5. The monoisotopic (exact) mass is 267 g/mol. The Bertz CT molecular complexity index is 403. The Morgan fingerprint density at radius 1 is 1.26 bits per heavy atom. The first-order valence-electron chi connectivity index (χ1n) is 6.71. The zero-order chi connectivity index (χ0) is 14.5. The highest BCUT2D eigenvalue weighted by Gasteiger charge is 2.20. The number of nitrogens with two attached hydrogens (primary N) is 1. The zero-order valence-electron chi connectivity index (χ0n) is 12.5. The average molecular weight is 267 g/mol. The largest absolute Gasteiger partial charge is 0.463 e. The van der Waals surface area contributed by atoms with Crippen molar-refractivity contribution in [1.29, 1.82) is 0 Å². The first-order chi connectivity index (χ1) is 8.82. The van der Waals surface area contributed by atoms with E-state index in [-0.39, 0.29) is 17.4 Å². The van der Waals surface area contributed by atoms with E-state index in [2.05, 4.69) is 48.0 Å². The van der Waals surface area contributed by atoms with Crippen molar-refractivity contribution in [3.05, 3.63) is 0 Å². The maximum atomic E-state index is 5.64. The SMILES string of the molecule is CCCOc1nc(N)nc(NCC(C)C(C)(C)C)n1. The second-order valence-corrected chi connectivity index (χ2v) is 5.80. The van der Waals surface area contributed by atoms with Crippen LogP contribution in [0.4, 0.5) is 11.9 Å². The van der Waals surface area contributed by atoms with Gasteiger partial charge in [0.25, 0.3) is 0 Å². The molecule has 6 nitrogen and oxygen atoms in total. The Morgan fingerprint density at radius 2 is 1.95 bits per heavy atom. The second kappa shape index (κ2) is 6.54. The molecule has 0 bridgehead atoms. The van der Waals surface area contributed by atoms with E-state index in [1.807, 2.05) is 6.92 Å². The highest BCUT2D eigenvalue weighted by Crippen LogP contribution is 2.25. The second-order valence-electron chi connectivity index (χ2n) is 5.80. The molecule has 0 fully saturated rings. The van der Waals surface area contributed by atoms with Gasteiger partial charge in [-0.05, 0) is 17.8 Å². The molecule has 0 aliphatic rings. The van der Waals surface area contributed by atoms with E-state index >= 15 is 0 Å². The van der Waals surface area contributed by atoms with Crippen LogP contribution in [0, 0.1) is 11.3 Å². The molecule has 0 aromatic carbocycles.